The summed E-state index contributed by atoms with van der Waals surface area (Å²) in [5, 5.41) is 9.81. The van der Waals surface area contributed by atoms with Gasteiger partial charge < -0.3 is 15.1 Å². The number of rotatable bonds is 9. The second-order valence-corrected chi connectivity index (χ2v) is 16.0. The molecule has 0 spiro atoms. The van der Waals surface area contributed by atoms with Gasteiger partial charge in [-0.05, 0) is 100 Å². The molecule has 13 nitrogen and oxygen atoms in total. The number of fused-ring (bicyclic) bond motifs is 2. The molecule has 0 radical (unpaired) electrons. The summed E-state index contributed by atoms with van der Waals surface area (Å²) in [5.74, 6) is -1.34. The van der Waals surface area contributed by atoms with Gasteiger partial charge >= 0.3 is 11.9 Å². The summed E-state index contributed by atoms with van der Waals surface area (Å²) in [6.45, 7) is 2.65. The molecule has 18 heteroatoms. The van der Waals surface area contributed by atoms with Crippen LogP contribution in [0.5, 0.6) is 0 Å². The smallest absolute Gasteiger partial charge is 0.371 e. The number of piperidine rings is 2. The summed E-state index contributed by atoms with van der Waals surface area (Å²) in [5.41, 5.74) is -0.0712. The van der Waals surface area contributed by atoms with Crippen LogP contribution in [0.2, 0.25) is 0 Å². The fraction of sp³-hybridized carbons (Fsp3) is 0.463. The molecule has 312 valence electrons. The van der Waals surface area contributed by atoms with E-state index in [4.69, 9.17) is 0 Å². The van der Waals surface area contributed by atoms with Crippen molar-refractivity contribution in [1.82, 2.24) is 34.1 Å². The number of nitrogens with one attached hydrogen (secondary N) is 2. The van der Waals surface area contributed by atoms with Gasteiger partial charge in [-0.25, -0.2) is 18.6 Å². The molecule has 1 unspecified atom stereocenters. The van der Waals surface area contributed by atoms with Crippen molar-refractivity contribution in [2.45, 2.75) is 82.1 Å². The standard InChI is InChI=1S/C41H44F5N9O4/c1-51(25-14-16-53(17-15-25)27-10-11-32-34(19-27)52(2)40(59)55(32)33-12-13-36(56)49-39(33)58)21-23-6-8-26(9-7-23)54-22-24-18-31(28(37(42)43)20-30(24)50-54)48-38(57)29-4-3-5-35(47-29)41(44,45)46/h3-5,10-11,18-20,22-23,25-26,33,37H,6-9,12-17,21H2,1-2H3,(H,48,57)(H,49,56,58). The van der Waals surface area contributed by atoms with Crippen LogP contribution in [-0.2, 0) is 22.8 Å². The largest absolute Gasteiger partial charge is 0.433 e. The fourth-order valence-electron chi connectivity index (χ4n) is 8.98. The zero-order valence-corrected chi connectivity index (χ0v) is 32.5. The molecule has 2 saturated heterocycles. The number of amides is 3. The molecule has 5 heterocycles. The van der Waals surface area contributed by atoms with Crippen molar-refractivity contribution in [1.29, 1.82) is 0 Å². The van der Waals surface area contributed by atoms with E-state index in [0.29, 0.717) is 28.4 Å². The molecule has 2 aliphatic heterocycles. The first-order valence-corrected chi connectivity index (χ1v) is 19.8. The zero-order chi connectivity index (χ0) is 41.7. The third kappa shape index (κ3) is 8.06. The first-order valence-electron chi connectivity index (χ1n) is 19.8. The Balaban J connectivity index is 0.858. The SMILES string of the molecule is CN(CC1CCC(n2cc3cc(NC(=O)c4cccc(C(F)(F)F)n4)c(C(F)F)cc3n2)CC1)C1CCN(c2ccc3c(c2)n(C)c(=O)n3C2CCC(=O)NC2=O)CC1. The minimum Gasteiger partial charge on any atom is -0.371 e. The predicted octanol–water partition coefficient (Wildman–Crippen LogP) is 6.60. The average Bonchev–Trinajstić information content (AvgIpc) is 3.74. The Morgan fingerprint density at radius 2 is 1.71 bits per heavy atom. The van der Waals surface area contributed by atoms with Crippen LogP contribution in [0.4, 0.5) is 33.3 Å². The Hall–Kier alpha value is -5.65. The summed E-state index contributed by atoms with van der Waals surface area (Å²) in [6.07, 6.45) is 0.0795. The van der Waals surface area contributed by atoms with Crippen LogP contribution < -0.4 is 21.2 Å². The molecule has 2 N–H and O–H groups in total. The highest BCUT2D eigenvalue weighted by Gasteiger charge is 2.34. The van der Waals surface area contributed by atoms with Gasteiger partial charge in [-0.1, -0.05) is 6.07 Å². The number of aryl methyl sites for hydroxylation is 1. The number of pyridine rings is 1. The molecule has 2 aromatic carbocycles. The summed E-state index contributed by atoms with van der Waals surface area (Å²) in [7, 11) is 3.87. The number of aromatic nitrogens is 5. The Morgan fingerprint density at radius 3 is 2.41 bits per heavy atom. The molecule has 1 atom stereocenters. The fourth-order valence-corrected chi connectivity index (χ4v) is 8.98. The molecule has 3 aromatic heterocycles. The molecular weight excluding hydrogens is 777 g/mol. The van der Waals surface area contributed by atoms with Crippen LogP contribution >= 0.6 is 0 Å². The number of anilines is 2. The van der Waals surface area contributed by atoms with Gasteiger partial charge in [0.15, 0.2) is 0 Å². The van der Waals surface area contributed by atoms with Gasteiger partial charge in [-0.2, -0.15) is 18.3 Å². The second kappa shape index (κ2) is 15.8. The summed E-state index contributed by atoms with van der Waals surface area (Å²) >= 11 is 0. The average molecular weight is 822 g/mol. The van der Waals surface area contributed by atoms with E-state index in [1.165, 1.54) is 16.7 Å². The van der Waals surface area contributed by atoms with E-state index >= 15 is 0 Å². The van der Waals surface area contributed by atoms with Crippen LogP contribution in [0.3, 0.4) is 0 Å². The zero-order valence-electron chi connectivity index (χ0n) is 32.5. The third-order valence-electron chi connectivity index (χ3n) is 12.2. The lowest BCUT2D eigenvalue weighted by atomic mass is 9.85. The normalized spacial score (nSPS) is 20.9. The van der Waals surface area contributed by atoms with Gasteiger partial charge in [0.1, 0.15) is 17.4 Å². The van der Waals surface area contributed by atoms with E-state index in [9.17, 15) is 41.1 Å². The number of nitrogens with zero attached hydrogens (tertiary/aromatic N) is 7. The van der Waals surface area contributed by atoms with Crippen molar-refractivity contribution < 1.29 is 36.3 Å². The van der Waals surface area contributed by atoms with Crippen LogP contribution in [0, 0.1) is 5.92 Å². The molecule has 1 aliphatic carbocycles. The molecule has 0 bridgehead atoms. The number of benzene rings is 2. The van der Waals surface area contributed by atoms with Gasteiger partial charge in [0.05, 0.1) is 28.3 Å². The van der Waals surface area contributed by atoms with Crippen LogP contribution in [-0.4, -0.2) is 79.2 Å². The van der Waals surface area contributed by atoms with Gasteiger partial charge in [-0.15, -0.1) is 0 Å². The maximum absolute atomic E-state index is 14.1. The highest BCUT2D eigenvalue weighted by Crippen LogP contribution is 2.37. The number of carbonyl (C=O) groups excluding carboxylic acids is 3. The monoisotopic (exact) mass is 821 g/mol. The highest BCUT2D eigenvalue weighted by molar-refractivity contribution is 6.04. The minimum absolute atomic E-state index is 0.0623. The Morgan fingerprint density at radius 1 is 0.966 bits per heavy atom. The third-order valence-corrected chi connectivity index (χ3v) is 12.2. The number of hydrogen-bond acceptors (Lipinski definition) is 8. The number of halogens is 5. The highest BCUT2D eigenvalue weighted by atomic mass is 19.4. The molecular formula is C41H44F5N9O4. The van der Waals surface area contributed by atoms with E-state index in [1.807, 2.05) is 18.2 Å². The molecule has 3 fully saturated rings. The first-order chi connectivity index (χ1) is 28.1. The van der Waals surface area contributed by atoms with Crippen molar-refractivity contribution in [2.75, 3.05) is 36.9 Å². The number of imide groups is 1. The Bertz CT molecular complexity index is 2480. The van der Waals surface area contributed by atoms with Crippen LogP contribution in [0.25, 0.3) is 21.9 Å². The van der Waals surface area contributed by atoms with Crippen molar-refractivity contribution in [2.24, 2.45) is 13.0 Å². The lowest BCUT2D eigenvalue weighted by Crippen LogP contribution is -2.45. The van der Waals surface area contributed by atoms with Crippen molar-refractivity contribution in [3.05, 3.63) is 82.2 Å². The molecule has 3 aliphatic rings. The molecule has 59 heavy (non-hydrogen) atoms. The maximum Gasteiger partial charge on any atom is 0.433 e. The molecule has 1 saturated carbocycles. The van der Waals surface area contributed by atoms with Gasteiger partial charge in [0, 0.05) is 62.0 Å². The van der Waals surface area contributed by atoms with E-state index < -0.39 is 47.4 Å². The molecule has 5 aromatic rings. The quantitative estimate of drug-likeness (QED) is 0.125. The molecule has 3 amide bonds. The van der Waals surface area contributed by atoms with Crippen molar-refractivity contribution in [3.63, 3.8) is 0 Å². The predicted molar refractivity (Wildman–Crippen MR) is 209 cm³/mol. The number of hydrogen-bond donors (Lipinski definition) is 2. The summed E-state index contributed by atoms with van der Waals surface area (Å²) < 4.78 is 72.6. The van der Waals surface area contributed by atoms with Gasteiger partial charge in [-0.3, -0.25) is 33.5 Å². The van der Waals surface area contributed by atoms with Crippen molar-refractivity contribution in [3.8, 4) is 0 Å². The number of carbonyl (C=O) groups is 3. The van der Waals surface area contributed by atoms with E-state index in [0.717, 1.165) is 87.6 Å². The Labute approximate surface area is 335 Å². The second-order valence-electron chi connectivity index (χ2n) is 16.0. The van der Waals surface area contributed by atoms with E-state index in [1.54, 1.807) is 22.5 Å². The summed E-state index contributed by atoms with van der Waals surface area (Å²) in [6, 6.07) is 11.1. The topological polar surface area (TPSA) is 139 Å². The number of imidazole rings is 1. The van der Waals surface area contributed by atoms with Crippen molar-refractivity contribution >= 4 is 51.0 Å². The van der Waals surface area contributed by atoms with Crippen LogP contribution in [0.1, 0.15) is 91.6 Å². The minimum atomic E-state index is -4.77. The van der Waals surface area contributed by atoms with Gasteiger partial charge in [0.2, 0.25) is 11.8 Å². The Kier molecular flexibility index (Phi) is 10.8. The first kappa shape index (κ1) is 40.1. The number of alkyl halides is 5. The van der Waals surface area contributed by atoms with E-state index in [-0.39, 0.29) is 36.2 Å². The van der Waals surface area contributed by atoms with Crippen LogP contribution in [0.15, 0.2) is 59.5 Å². The summed E-state index contributed by atoms with van der Waals surface area (Å²) in [4.78, 5) is 58.5. The van der Waals surface area contributed by atoms with Gasteiger partial charge in [0.25, 0.3) is 12.3 Å². The lowest BCUT2D eigenvalue weighted by molar-refractivity contribution is -0.141. The lowest BCUT2D eigenvalue weighted by Gasteiger charge is -2.40. The van der Waals surface area contributed by atoms with E-state index in [2.05, 4.69) is 37.6 Å². The maximum atomic E-state index is 14.1. The molecule has 8 rings (SSSR count).